The summed E-state index contributed by atoms with van der Waals surface area (Å²) in [5.41, 5.74) is 0. The molecule has 0 spiro atoms. The number of hydrogen-bond donors (Lipinski definition) is 0. The molecule has 0 aromatic rings. The van der Waals surface area contributed by atoms with Crippen LogP contribution in [0.25, 0.3) is 0 Å². The summed E-state index contributed by atoms with van der Waals surface area (Å²) in [5.74, 6) is 0. The van der Waals surface area contributed by atoms with Crippen LogP contribution in [0.3, 0.4) is 0 Å². The van der Waals surface area contributed by atoms with Gasteiger partial charge in [0.05, 0.1) is 0 Å². The Balaban J connectivity index is 4.20. The van der Waals surface area contributed by atoms with Crippen LogP contribution in [-0.2, 0) is 9.84 Å². The van der Waals surface area contributed by atoms with Gasteiger partial charge < -0.3 is 0 Å². The Morgan fingerprint density at radius 1 is 1.43 bits per heavy atom. The van der Waals surface area contributed by atoms with Crippen LogP contribution in [0.2, 0.25) is 0 Å². The lowest BCUT2D eigenvalue weighted by atomic mass is 10.2. The van der Waals surface area contributed by atoms with E-state index in [1.54, 1.807) is 6.08 Å². The quantitative estimate of drug-likeness (QED) is 0.417. The summed E-state index contributed by atoms with van der Waals surface area (Å²) in [6, 6.07) is 0. The average Bonchev–Trinajstić information content (AvgIpc) is 2.12. The zero-order valence-corrected chi connectivity index (χ0v) is 12.0. The van der Waals surface area contributed by atoms with Gasteiger partial charge in [-0.15, -0.1) is 0 Å². The normalized spacial score (nSPS) is 13.8. The van der Waals surface area contributed by atoms with Gasteiger partial charge in [-0.25, -0.2) is 8.42 Å². The summed E-state index contributed by atoms with van der Waals surface area (Å²) >= 11 is 6.10. The highest BCUT2D eigenvalue weighted by Gasteiger charge is 2.03. The first kappa shape index (κ1) is 14.4. The number of rotatable bonds is 6. The van der Waals surface area contributed by atoms with Crippen molar-refractivity contribution in [3.8, 4) is 0 Å². The molecule has 0 aliphatic carbocycles. The van der Waals surface area contributed by atoms with Crippen LogP contribution >= 0.6 is 31.9 Å². The van der Waals surface area contributed by atoms with Crippen molar-refractivity contribution in [2.24, 2.45) is 0 Å². The van der Waals surface area contributed by atoms with Crippen molar-refractivity contribution in [2.75, 3.05) is 4.66 Å². The lowest BCUT2D eigenvalue weighted by molar-refractivity contribution is 0.609. The molecule has 0 fully saturated rings. The molecule has 5 heteroatoms. The summed E-state index contributed by atoms with van der Waals surface area (Å²) < 4.78 is 22.8. The Labute approximate surface area is 103 Å². The highest BCUT2D eigenvalue weighted by atomic mass is 79.9. The van der Waals surface area contributed by atoms with Crippen LogP contribution in [0.15, 0.2) is 22.0 Å². The van der Waals surface area contributed by atoms with Gasteiger partial charge >= 0.3 is 0 Å². The third-order valence-corrected chi connectivity index (χ3v) is 5.07. The van der Waals surface area contributed by atoms with Crippen LogP contribution in [0.4, 0.5) is 0 Å². The minimum Gasteiger partial charge on any atom is -0.223 e. The number of allylic oxidation sites excluding steroid dienone is 3. The van der Waals surface area contributed by atoms with Crippen molar-refractivity contribution in [2.45, 2.75) is 26.2 Å². The van der Waals surface area contributed by atoms with Gasteiger partial charge in [0.2, 0.25) is 0 Å². The maximum Gasteiger partial charge on any atom is 0.182 e. The highest BCUT2D eigenvalue weighted by molar-refractivity contribution is 9.12. The Morgan fingerprint density at radius 3 is 2.57 bits per heavy atom. The fourth-order valence-electron chi connectivity index (χ4n) is 0.760. The lowest BCUT2D eigenvalue weighted by Crippen LogP contribution is -1.94. The molecule has 0 radical (unpaired) electrons. The van der Waals surface area contributed by atoms with Gasteiger partial charge in [0.25, 0.3) is 0 Å². The predicted molar refractivity (Wildman–Crippen MR) is 68.4 cm³/mol. The Bertz CT molecular complexity index is 305. The van der Waals surface area contributed by atoms with Crippen molar-refractivity contribution in [1.82, 2.24) is 0 Å². The molecule has 14 heavy (non-hydrogen) atoms. The zero-order valence-electron chi connectivity index (χ0n) is 8.04. The molecule has 0 aliphatic heterocycles. The Morgan fingerprint density at radius 2 is 2.07 bits per heavy atom. The molecule has 2 nitrogen and oxygen atoms in total. The Hall–Kier alpha value is 0.390. The van der Waals surface area contributed by atoms with Crippen LogP contribution in [0.1, 0.15) is 26.2 Å². The largest absolute Gasteiger partial charge is 0.223 e. The van der Waals surface area contributed by atoms with E-state index in [-0.39, 0.29) is 4.66 Å². The summed E-state index contributed by atoms with van der Waals surface area (Å²) in [4.78, 5) is 0. The fourth-order valence-corrected chi connectivity index (χ4v) is 2.68. The molecule has 0 saturated heterocycles. The molecule has 0 atom stereocenters. The molecule has 0 bridgehead atoms. The van der Waals surface area contributed by atoms with Gasteiger partial charge in [-0.2, -0.15) is 0 Å². The molecule has 0 saturated carbocycles. The second-order valence-electron chi connectivity index (χ2n) is 2.82. The Kier molecular flexibility index (Phi) is 7.86. The van der Waals surface area contributed by atoms with Crippen molar-refractivity contribution < 1.29 is 8.42 Å². The topological polar surface area (TPSA) is 34.1 Å². The van der Waals surface area contributed by atoms with Gasteiger partial charge in [-0.3, -0.25) is 0 Å². The molecule has 0 unspecified atom stereocenters. The molecule has 0 aromatic heterocycles. The summed E-state index contributed by atoms with van der Waals surface area (Å²) in [7, 11) is -3.10. The van der Waals surface area contributed by atoms with Gasteiger partial charge in [0, 0.05) is 9.89 Å². The third-order valence-electron chi connectivity index (χ3n) is 1.45. The van der Waals surface area contributed by atoms with Crippen LogP contribution in [-0.4, -0.2) is 13.1 Å². The van der Waals surface area contributed by atoms with Gasteiger partial charge in [-0.05, 0) is 6.42 Å². The minimum absolute atomic E-state index is 0.0438. The molecule has 0 amide bonds. The SMILES string of the molecule is CCCCC=CC(Br)=CS(=O)(=O)CBr. The maximum absolute atomic E-state index is 11.1. The summed E-state index contributed by atoms with van der Waals surface area (Å²) in [6.07, 6.45) is 6.99. The van der Waals surface area contributed by atoms with Crippen LogP contribution in [0, 0.1) is 0 Å². The molecule has 0 heterocycles. The first-order chi connectivity index (χ1) is 6.52. The van der Waals surface area contributed by atoms with Crippen molar-refractivity contribution in [3.05, 3.63) is 22.0 Å². The van der Waals surface area contributed by atoms with Gasteiger partial charge in [-0.1, -0.05) is 63.8 Å². The van der Waals surface area contributed by atoms with E-state index in [0.717, 1.165) is 19.3 Å². The second kappa shape index (κ2) is 7.65. The standard InChI is InChI=1S/C9H14Br2O2S/c1-2-3-4-5-6-9(11)7-14(12,13)8-10/h5-7H,2-4,8H2,1H3. The molecule has 0 rings (SSSR count). The van der Waals surface area contributed by atoms with E-state index in [1.165, 1.54) is 5.41 Å². The maximum atomic E-state index is 11.1. The van der Waals surface area contributed by atoms with E-state index in [9.17, 15) is 8.42 Å². The first-order valence-corrected chi connectivity index (χ1v) is 7.97. The van der Waals surface area contributed by atoms with Crippen LogP contribution < -0.4 is 0 Å². The van der Waals surface area contributed by atoms with E-state index in [4.69, 9.17) is 0 Å². The number of alkyl halides is 1. The molecule has 82 valence electrons. The molecule has 0 aromatic carbocycles. The fraction of sp³-hybridized carbons (Fsp3) is 0.556. The van der Waals surface area contributed by atoms with Crippen LogP contribution in [0.5, 0.6) is 0 Å². The van der Waals surface area contributed by atoms with E-state index in [0.29, 0.717) is 4.48 Å². The molecule has 0 N–H and O–H groups in total. The van der Waals surface area contributed by atoms with Crippen molar-refractivity contribution in [1.29, 1.82) is 0 Å². The van der Waals surface area contributed by atoms with E-state index >= 15 is 0 Å². The van der Waals surface area contributed by atoms with Gasteiger partial charge in [0.15, 0.2) is 9.84 Å². The smallest absolute Gasteiger partial charge is 0.182 e. The lowest BCUT2D eigenvalue weighted by Gasteiger charge is -1.92. The molecular formula is C9H14Br2O2S. The average molecular weight is 346 g/mol. The number of halogens is 2. The first-order valence-electron chi connectivity index (χ1n) is 4.34. The van der Waals surface area contributed by atoms with E-state index < -0.39 is 9.84 Å². The number of sulfone groups is 1. The highest BCUT2D eigenvalue weighted by Crippen LogP contribution is 2.12. The molecule has 0 aliphatic rings. The van der Waals surface area contributed by atoms with E-state index in [2.05, 4.69) is 38.8 Å². The van der Waals surface area contributed by atoms with Gasteiger partial charge in [0.1, 0.15) is 4.66 Å². The monoisotopic (exact) mass is 344 g/mol. The van der Waals surface area contributed by atoms with Crippen molar-refractivity contribution >= 4 is 41.7 Å². The second-order valence-corrected chi connectivity index (χ2v) is 6.89. The zero-order chi connectivity index (χ0) is 11.0. The summed E-state index contributed by atoms with van der Waals surface area (Å²) in [5, 5.41) is 1.21. The van der Waals surface area contributed by atoms with Crippen molar-refractivity contribution in [3.63, 3.8) is 0 Å². The number of hydrogen-bond acceptors (Lipinski definition) is 2. The third kappa shape index (κ3) is 7.76. The number of unbranched alkanes of at least 4 members (excludes halogenated alkanes) is 2. The summed E-state index contributed by atoms with van der Waals surface area (Å²) in [6.45, 7) is 2.12. The van der Waals surface area contributed by atoms with E-state index in [1.807, 2.05) is 6.08 Å². The molecular weight excluding hydrogens is 332 g/mol. The minimum atomic E-state index is -3.10. The predicted octanol–water partition coefficient (Wildman–Crippen LogP) is 3.74.